The van der Waals surface area contributed by atoms with Crippen LogP contribution in [0.2, 0.25) is 0 Å². The number of nitrogens with zero attached hydrogens (tertiary/aromatic N) is 1. The van der Waals surface area contributed by atoms with Crippen LogP contribution in [-0.4, -0.2) is 10.1 Å². The van der Waals surface area contributed by atoms with Crippen LogP contribution in [0, 0.1) is 6.92 Å². The van der Waals surface area contributed by atoms with Gasteiger partial charge in [-0.15, -0.1) is 0 Å². The van der Waals surface area contributed by atoms with Crippen molar-refractivity contribution < 1.29 is 5.11 Å². The first-order valence-corrected chi connectivity index (χ1v) is 6.94. The van der Waals surface area contributed by atoms with Crippen molar-refractivity contribution in [3.63, 3.8) is 0 Å². The molecule has 1 unspecified atom stereocenters. The number of aliphatic hydroxyl groups excluding tert-OH is 1. The topological polar surface area (TPSA) is 33.1 Å². The van der Waals surface area contributed by atoms with Crippen LogP contribution in [0.3, 0.4) is 0 Å². The molecule has 0 aliphatic heterocycles. The number of aliphatic hydroxyl groups is 1. The zero-order valence-electron chi connectivity index (χ0n) is 11.2. The van der Waals surface area contributed by atoms with Crippen molar-refractivity contribution in [2.45, 2.75) is 38.2 Å². The van der Waals surface area contributed by atoms with Gasteiger partial charge in [0.1, 0.15) is 6.10 Å². The van der Waals surface area contributed by atoms with E-state index in [4.69, 9.17) is 0 Å². The molecule has 1 fully saturated rings. The minimum atomic E-state index is -0.566. The van der Waals surface area contributed by atoms with Crippen LogP contribution in [-0.2, 0) is 0 Å². The molecule has 0 radical (unpaired) electrons. The Bertz CT molecular complexity index is 575. The van der Waals surface area contributed by atoms with Gasteiger partial charge in [-0.1, -0.05) is 36.8 Å². The Labute approximate surface area is 114 Å². The first-order valence-electron chi connectivity index (χ1n) is 6.94. The first-order chi connectivity index (χ1) is 9.25. The maximum Gasteiger partial charge on any atom is 0.106 e. The summed E-state index contributed by atoms with van der Waals surface area (Å²) < 4.78 is 0. The van der Waals surface area contributed by atoms with E-state index in [0.717, 1.165) is 16.7 Å². The molecule has 3 rings (SSSR count). The summed E-state index contributed by atoms with van der Waals surface area (Å²) in [5.74, 6) is 0.628. The van der Waals surface area contributed by atoms with Crippen molar-refractivity contribution in [2.24, 2.45) is 0 Å². The smallest absolute Gasteiger partial charge is 0.106 e. The predicted octanol–water partition coefficient (Wildman–Crippen LogP) is 3.74. The fourth-order valence-electron chi connectivity index (χ4n) is 2.76. The van der Waals surface area contributed by atoms with Crippen molar-refractivity contribution in [1.29, 1.82) is 0 Å². The maximum absolute atomic E-state index is 10.6. The van der Waals surface area contributed by atoms with Gasteiger partial charge in [0.2, 0.25) is 0 Å². The average molecular weight is 253 g/mol. The molecule has 0 spiro atoms. The van der Waals surface area contributed by atoms with Gasteiger partial charge in [0.25, 0.3) is 0 Å². The normalized spacial score (nSPS) is 16.9. The number of aromatic nitrogens is 1. The molecule has 1 N–H and O–H groups in total. The molecule has 19 heavy (non-hydrogen) atoms. The number of hydrogen-bond acceptors (Lipinski definition) is 2. The molecule has 1 aliphatic carbocycles. The van der Waals surface area contributed by atoms with E-state index >= 15 is 0 Å². The van der Waals surface area contributed by atoms with Crippen LogP contribution < -0.4 is 0 Å². The molecule has 1 heterocycles. The van der Waals surface area contributed by atoms with Crippen LogP contribution in [0.4, 0.5) is 0 Å². The number of benzene rings is 1. The Morgan fingerprint density at radius 3 is 2.68 bits per heavy atom. The molecule has 0 amide bonds. The number of aryl methyl sites for hydroxylation is 1. The summed E-state index contributed by atoms with van der Waals surface area (Å²) in [4.78, 5) is 4.18. The van der Waals surface area contributed by atoms with E-state index in [1.807, 2.05) is 31.3 Å². The van der Waals surface area contributed by atoms with Gasteiger partial charge in [-0.2, -0.15) is 0 Å². The third kappa shape index (κ3) is 2.41. The van der Waals surface area contributed by atoms with Gasteiger partial charge < -0.3 is 5.11 Å². The van der Waals surface area contributed by atoms with Crippen LogP contribution >= 0.6 is 0 Å². The van der Waals surface area contributed by atoms with Crippen molar-refractivity contribution in [2.75, 3.05) is 0 Å². The van der Waals surface area contributed by atoms with E-state index in [2.05, 4.69) is 17.1 Å². The van der Waals surface area contributed by atoms with E-state index in [0.29, 0.717) is 5.92 Å². The highest BCUT2D eigenvalue weighted by Crippen LogP contribution is 2.40. The largest absolute Gasteiger partial charge is 0.384 e. The van der Waals surface area contributed by atoms with Crippen molar-refractivity contribution >= 4 is 0 Å². The van der Waals surface area contributed by atoms with Gasteiger partial charge in [-0.25, -0.2) is 0 Å². The van der Waals surface area contributed by atoms with Gasteiger partial charge in [-0.05, 0) is 42.4 Å². The van der Waals surface area contributed by atoms with E-state index in [1.54, 1.807) is 6.20 Å². The molecule has 1 atom stereocenters. The van der Waals surface area contributed by atoms with E-state index < -0.39 is 6.10 Å². The quantitative estimate of drug-likeness (QED) is 0.904. The highest BCUT2D eigenvalue weighted by Gasteiger charge is 2.24. The van der Waals surface area contributed by atoms with Crippen LogP contribution in [0.15, 0.2) is 42.7 Å². The van der Waals surface area contributed by atoms with Crippen molar-refractivity contribution in [3.05, 3.63) is 65.0 Å². The molecule has 1 aliphatic rings. The molecule has 1 aromatic heterocycles. The maximum atomic E-state index is 10.6. The molecule has 1 saturated carbocycles. The molecule has 0 saturated heterocycles. The monoisotopic (exact) mass is 253 g/mol. The van der Waals surface area contributed by atoms with Gasteiger partial charge in [0.05, 0.1) is 0 Å². The summed E-state index contributed by atoms with van der Waals surface area (Å²) in [7, 11) is 0. The van der Waals surface area contributed by atoms with Crippen LogP contribution in [0.1, 0.15) is 53.5 Å². The van der Waals surface area contributed by atoms with Gasteiger partial charge in [0, 0.05) is 18.0 Å². The van der Waals surface area contributed by atoms with Crippen molar-refractivity contribution in [3.8, 4) is 0 Å². The number of pyridine rings is 1. The zero-order chi connectivity index (χ0) is 13.2. The Morgan fingerprint density at radius 1 is 1.21 bits per heavy atom. The summed E-state index contributed by atoms with van der Waals surface area (Å²) in [6.45, 7) is 2.00. The number of rotatable bonds is 3. The second-order valence-corrected chi connectivity index (χ2v) is 5.45. The molecule has 0 bridgehead atoms. The number of hydrogen-bond donors (Lipinski definition) is 1. The summed E-state index contributed by atoms with van der Waals surface area (Å²) in [6, 6.07) is 10.3. The summed E-state index contributed by atoms with van der Waals surface area (Å²) in [5, 5.41) is 10.6. The minimum Gasteiger partial charge on any atom is -0.384 e. The molecule has 98 valence electrons. The minimum absolute atomic E-state index is 0.566. The van der Waals surface area contributed by atoms with Crippen LogP contribution in [0.5, 0.6) is 0 Å². The molecule has 1 aromatic carbocycles. The lowest BCUT2D eigenvalue weighted by Crippen LogP contribution is -2.13. The lowest BCUT2D eigenvalue weighted by atomic mass is 9.77. The molecule has 2 nitrogen and oxygen atoms in total. The average Bonchev–Trinajstić information content (AvgIpc) is 2.37. The highest BCUT2D eigenvalue weighted by molar-refractivity contribution is 5.38. The molecular weight excluding hydrogens is 234 g/mol. The second kappa shape index (κ2) is 5.14. The van der Waals surface area contributed by atoms with E-state index in [1.165, 1.54) is 24.8 Å². The Kier molecular flexibility index (Phi) is 3.34. The van der Waals surface area contributed by atoms with Gasteiger partial charge in [0.15, 0.2) is 0 Å². The van der Waals surface area contributed by atoms with E-state index in [-0.39, 0.29) is 0 Å². The lowest BCUT2D eigenvalue weighted by Gasteiger charge is -2.29. The standard InChI is InChI=1S/C17H19NO/c1-12-9-14(11-18-10-12)17(19)16-8-3-2-7-15(16)13-5-4-6-13/h2-3,7-11,13,17,19H,4-6H2,1H3. The Hall–Kier alpha value is -1.67. The highest BCUT2D eigenvalue weighted by atomic mass is 16.3. The summed E-state index contributed by atoms with van der Waals surface area (Å²) in [6.07, 6.45) is 6.81. The second-order valence-electron chi connectivity index (χ2n) is 5.45. The third-order valence-electron chi connectivity index (χ3n) is 4.05. The Morgan fingerprint density at radius 2 is 2.00 bits per heavy atom. The Balaban J connectivity index is 1.97. The fourth-order valence-corrected chi connectivity index (χ4v) is 2.76. The van der Waals surface area contributed by atoms with Gasteiger partial charge in [-0.3, -0.25) is 4.98 Å². The summed E-state index contributed by atoms with van der Waals surface area (Å²) >= 11 is 0. The van der Waals surface area contributed by atoms with E-state index in [9.17, 15) is 5.11 Å². The predicted molar refractivity (Wildman–Crippen MR) is 76.1 cm³/mol. The van der Waals surface area contributed by atoms with Gasteiger partial charge >= 0.3 is 0 Å². The van der Waals surface area contributed by atoms with Crippen molar-refractivity contribution in [1.82, 2.24) is 4.98 Å². The molecular formula is C17H19NO. The lowest BCUT2D eigenvalue weighted by molar-refractivity contribution is 0.216. The third-order valence-corrected chi connectivity index (χ3v) is 4.05. The zero-order valence-corrected chi connectivity index (χ0v) is 11.2. The summed E-state index contributed by atoms with van der Waals surface area (Å²) in [5.41, 5.74) is 4.31. The van der Waals surface area contributed by atoms with Crippen LogP contribution in [0.25, 0.3) is 0 Å². The first kappa shape index (κ1) is 12.4. The molecule has 2 aromatic rings. The fraction of sp³-hybridized carbons (Fsp3) is 0.353. The molecule has 2 heteroatoms. The SMILES string of the molecule is Cc1cncc(C(O)c2ccccc2C2CCC2)c1.